The number of nitrogens with zero attached hydrogens (tertiary/aromatic N) is 2. The maximum Gasteiger partial charge on any atom is 0.305 e. The molecule has 1 aromatic carbocycles. The molecular formula is C10H6Cl2N2O3. The Hall–Kier alpha value is -1.59. The number of aromatic nitrogens is 2. The second kappa shape index (κ2) is 4.35. The van der Waals surface area contributed by atoms with Crippen LogP contribution in [0.15, 0.2) is 22.7 Å². The first-order valence-corrected chi connectivity index (χ1v) is 5.31. The van der Waals surface area contributed by atoms with E-state index in [0.717, 1.165) is 4.68 Å². The normalized spacial score (nSPS) is 10.5. The van der Waals surface area contributed by atoms with Crippen LogP contribution in [0.1, 0.15) is 17.4 Å². The SMILES string of the molecule is CC(=O)c1c([O-])on[n+]1-c1ccc(Cl)cc1Cl. The molecule has 2 rings (SSSR count). The first kappa shape index (κ1) is 11.9. The van der Waals surface area contributed by atoms with Gasteiger partial charge in [0.05, 0.1) is 5.27 Å². The van der Waals surface area contributed by atoms with Crippen LogP contribution < -0.4 is 9.79 Å². The highest BCUT2D eigenvalue weighted by Gasteiger charge is 2.26. The van der Waals surface area contributed by atoms with Gasteiger partial charge >= 0.3 is 5.69 Å². The van der Waals surface area contributed by atoms with Crippen LogP contribution in [0.2, 0.25) is 10.0 Å². The molecule has 0 bridgehead atoms. The Labute approximate surface area is 106 Å². The first-order chi connectivity index (χ1) is 8.00. The molecule has 5 nitrogen and oxygen atoms in total. The Morgan fingerprint density at radius 2 is 2.18 bits per heavy atom. The Morgan fingerprint density at radius 3 is 2.76 bits per heavy atom. The summed E-state index contributed by atoms with van der Waals surface area (Å²) in [5.41, 5.74) is 0.168. The molecule has 0 saturated carbocycles. The second-order valence-electron chi connectivity index (χ2n) is 3.27. The van der Waals surface area contributed by atoms with Crippen LogP contribution in [0.5, 0.6) is 5.95 Å². The van der Waals surface area contributed by atoms with Gasteiger partial charge in [-0.15, -0.1) is 0 Å². The van der Waals surface area contributed by atoms with Gasteiger partial charge in [-0.2, -0.15) is 0 Å². The maximum absolute atomic E-state index is 11.3. The molecule has 0 unspecified atom stereocenters. The lowest BCUT2D eigenvalue weighted by Gasteiger charge is -1.96. The van der Waals surface area contributed by atoms with Crippen LogP contribution in [-0.4, -0.2) is 11.1 Å². The molecular weight excluding hydrogens is 267 g/mol. The van der Waals surface area contributed by atoms with Gasteiger partial charge in [-0.25, -0.2) is 0 Å². The van der Waals surface area contributed by atoms with Crippen molar-refractivity contribution in [3.05, 3.63) is 33.9 Å². The highest BCUT2D eigenvalue weighted by molar-refractivity contribution is 6.35. The van der Waals surface area contributed by atoms with Crippen LogP contribution in [0.25, 0.3) is 5.69 Å². The monoisotopic (exact) mass is 272 g/mol. The molecule has 0 aliphatic heterocycles. The lowest BCUT2D eigenvalue weighted by atomic mass is 10.3. The zero-order valence-corrected chi connectivity index (χ0v) is 10.1. The number of hydrogen-bond donors (Lipinski definition) is 0. The summed E-state index contributed by atoms with van der Waals surface area (Å²) in [5.74, 6) is -1.26. The fourth-order valence-electron chi connectivity index (χ4n) is 1.36. The molecule has 88 valence electrons. The zero-order valence-electron chi connectivity index (χ0n) is 8.61. The summed E-state index contributed by atoms with van der Waals surface area (Å²) in [5, 5.41) is 15.5. The number of carbonyl (C=O) groups is 1. The van der Waals surface area contributed by atoms with Crippen molar-refractivity contribution in [1.29, 1.82) is 0 Å². The second-order valence-corrected chi connectivity index (χ2v) is 4.12. The number of hydrogen-bond acceptors (Lipinski definition) is 4. The van der Waals surface area contributed by atoms with E-state index in [0.29, 0.717) is 10.7 Å². The predicted octanol–water partition coefficient (Wildman–Crippen LogP) is 1.53. The van der Waals surface area contributed by atoms with Gasteiger partial charge in [0.1, 0.15) is 5.02 Å². The van der Waals surface area contributed by atoms with Crippen LogP contribution in [0, 0.1) is 0 Å². The largest absolute Gasteiger partial charge is 0.539 e. The van der Waals surface area contributed by atoms with Gasteiger partial charge < -0.3 is 9.63 Å². The van der Waals surface area contributed by atoms with E-state index in [1.165, 1.54) is 13.0 Å². The molecule has 7 heteroatoms. The van der Waals surface area contributed by atoms with Crippen LogP contribution in [0.4, 0.5) is 0 Å². The average Bonchev–Trinajstić information content (AvgIpc) is 2.60. The van der Waals surface area contributed by atoms with E-state index in [4.69, 9.17) is 23.2 Å². The molecule has 17 heavy (non-hydrogen) atoms. The van der Waals surface area contributed by atoms with Crippen LogP contribution in [0.3, 0.4) is 0 Å². The predicted molar refractivity (Wildman–Crippen MR) is 57.5 cm³/mol. The van der Waals surface area contributed by atoms with Gasteiger partial charge in [-0.05, 0) is 16.8 Å². The standard InChI is InChI=1S/C10H6Cl2N2O3/c1-5(15)9-10(16)17-13-14(9)8-3-2-6(11)4-7(8)12/h2-4H,1H3. The van der Waals surface area contributed by atoms with Gasteiger partial charge in [0.15, 0.2) is 5.95 Å². The summed E-state index contributed by atoms with van der Waals surface area (Å²) in [6, 6.07) is 4.59. The number of halogens is 2. The smallest absolute Gasteiger partial charge is 0.305 e. The van der Waals surface area contributed by atoms with Gasteiger partial charge in [-0.1, -0.05) is 23.2 Å². The minimum absolute atomic E-state index is 0.186. The molecule has 1 heterocycles. The number of carbonyl (C=O) groups excluding carboxylic acids is 1. The molecule has 0 spiro atoms. The van der Waals surface area contributed by atoms with Gasteiger partial charge in [0.25, 0.3) is 5.69 Å². The summed E-state index contributed by atoms with van der Waals surface area (Å²) in [4.78, 5) is 11.3. The van der Waals surface area contributed by atoms with Crippen molar-refractivity contribution >= 4 is 29.0 Å². The number of rotatable bonds is 2. The molecule has 0 radical (unpaired) electrons. The Kier molecular flexibility index (Phi) is 3.04. The quantitative estimate of drug-likeness (QED) is 0.614. The van der Waals surface area contributed by atoms with Crippen molar-refractivity contribution in [1.82, 2.24) is 5.27 Å². The van der Waals surface area contributed by atoms with Crippen LogP contribution >= 0.6 is 23.2 Å². The van der Waals surface area contributed by atoms with E-state index in [9.17, 15) is 9.90 Å². The van der Waals surface area contributed by atoms with Crippen molar-refractivity contribution in [3.8, 4) is 11.6 Å². The van der Waals surface area contributed by atoms with Gasteiger partial charge in [0, 0.05) is 18.0 Å². The summed E-state index contributed by atoms with van der Waals surface area (Å²) < 4.78 is 5.50. The van der Waals surface area contributed by atoms with Crippen molar-refractivity contribution in [2.45, 2.75) is 6.92 Å². The molecule has 0 atom stereocenters. The minimum Gasteiger partial charge on any atom is -0.539 e. The molecule has 2 aromatic rings. The van der Waals surface area contributed by atoms with Crippen molar-refractivity contribution in [2.24, 2.45) is 0 Å². The molecule has 0 N–H and O–H groups in total. The highest BCUT2D eigenvalue weighted by atomic mass is 35.5. The topological polar surface area (TPSA) is 70.0 Å². The molecule has 0 aliphatic rings. The van der Waals surface area contributed by atoms with Gasteiger partial charge in [0.2, 0.25) is 5.78 Å². The molecule has 0 fully saturated rings. The van der Waals surface area contributed by atoms with E-state index in [-0.39, 0.29) is 10.7 Å². The van der Waals surface area contributed by atoms with Gasteiger partial charge in [-0.3, -0.25) is 4.79 Å². The molecule has 0 aliphatic carbocycles. The summed E-state index contributed by atoms with van der Waals surface area (Å²) in [6.45, 7) is 1.24. The van der Waals surface area contributed by atoms with E-state index in [2.05, 4.69) is 9.79 Å². The minimum atomic E-state index is -0.802. The third kappa shape index (κ3) is 2.11. The summed E-state index contributed by atoms with van der Waals surface area (Å²) >= 11 is 11.7. The summed E-state index contributed by atoms with van der Waals surface area (Å²) in [6.07, 6.45) is 0. The van der Waals surface area contributed by atoms with E-state index < -0.39 is 11.7 Å². The van der Waals surface area contributed by atoms with E-state index >= 15 is 0 Å². The fraction of sp³-hybridized carbons (Fsp3) is 0.100. The zero-order chi connectivity index (χ0) is 12.6. The number of benzene rings is 1. The lowest BCUT2D eigenvalue weighted by molar-refractivity contribution is -0.672. The third-order valence-corrected chi connectivity index (χ3v) is 2.62. The summed E-state index contributed by atoms with van der Waals surface area (Å²) in [7, 11) is 0. The van der Waals surface area contributed by atoms with E-state index in [1.807, 2.05) is 0 Å². The van der Waals surface area contributed by atoms with E-state index in [1.54, 1.807) is 12.1 Å². The molecule has 0 amide bonds. The first-order valence-electron chi connectivity index (χ1n) is 4.56. The average molecular weight is 273 g/mol. The molecule has 0 saturated heterocycles. The van der Waals surface area contributed by atoms with Crippen molar-refractivity contribution in [3.63, 3.8) is 0 Å². The fourth-order valence-corrected chi connectivity index (χ4v) is 1.85. The maximum atomic E-state index is 11.3. The van der Waals surface area contributed by atoms with Crippen LogP contribution in [-0.2, 0) is 0 Å². The Bertz CT molecular complexity index is 595. The Morgan fingerprint density at radius 1 is 1.47 bits per heavy atom. The number of ketones is 1. The highest BCUT2D eigenvalue weighted by Crippen LogP contribution is 2.22. The Balaban J connectivity index is 2.65. The third-order valence-electron chi connectivity index (χ3n) is 2.08. The molecule has 1 aromatic heterocycles. The van der Waals surface area contributed by atoms with Crippen molar-refractivity contribution < 1.29 is 19.1 Å². The number of Topliss-reactive ketones (excluding diaryl/α,β-unsaturated/α-hetero) is 1. The van der Waals surface area contributed by atoms with Crippen molar-refractivity contribution in [2.75, 3.05) is 0 Å². The lowest BCUT2D eigenvalue weighted by Crippen LogP contribution is -2.38.